The Labute approximate surface area is 169 Å². The fraction of sp³-hybridized carbons (Fsp3) is 0.304. The summed E-state index contributed by atoms with van der Waals surface area (Å²) in [5, 5.41) is 17.9. The molecule has 0 bridgehead atoms. The second kappa shape index (κ2) is 8.09. The number of ether oxygens (including phenoxy) is 1. The van der Waals surface area contributed by atoms with Crippen molar-refractivity contribution < 1.29 is 14.6 Å². The standard InChI is InChI=1S/C23H25N3O3/c1-15(13-22(27)26-20-6-4-3-5-19(20)23(28)25-26)17-7-8-18(21(14-17)29-2)16-9-11-24-12-10-16/h3-9,14-15,24H,10-13H2,1-2H3,(H,25,28). The van der Waals surface area contributed by atoms with Gasteiger partial charge in [0.25, 0.3) is 0 Å². The summed E-state index contributed by atoms with van der Waals surface area (Å²) in [7, 11) is 1.68. The number of hydrogen-bond donors (Lipinski definition) is 2. The zero-order chi connectivity index (χ0) is 20.4. The highest BCUT2D eigenvalue weighted by Crippen LogP contribution is 2.33. The van der Waals surface area contributed by atoms with Crippen molar-refractivity contribution in [2.75, 3.05) is 20.2 Å². The number of nitrogens with one attached hydrogen (secondary N) is 1. The van der Waals surface area contributed by atoms with E-state index in [2.05, 4.69) is 28.6 Å². The lowest BCUT2D eigenvalue weighted by Crippen LogP contribution is -2.20. The van der Waals surface area contributed by atoms with Gasteiger partial charge in [0.05, 0.1) is 18.0 Å². The number of hydrogen-bond acceptors (Lipinski definition) is 5. The number of fused-ring (bicyclic) bond motifs is 1. The van der Waals surface area contributed by atoms with E-state index in [9.17, 15) is 9.90 Å². The summed E-state index contributed by atoms with van der Waals surface area (Å²) in [5.74, 6) is 0.538. The molecule has 0 spiro atoms. The number of aromatic hydroxyl groups is 1. The summed E-state index contributed by atoms with van der Waals surface area (Å²) in [6.07, 6.45) is 3.45. The van der Waals surface area contributed by atoms with Gasteiger partial charge in [0.1, 0.15) is 5.75 Å². The Kier molecular flexibility index (Phi) is 5.36. The number of methoxy groups -OCH3 is 1. The molecule has 3 aromatic rings. The third-order valence-corrected chi connectivity index (χ3v) is 5.49. The Morgan fingerprint density at radius 2 is 2.14 bits per heavy atom. The number of aromatic nitrogens is 2. The second-order valence-corrected chi connectivity index (χ2v) is 7.39. The minimum absolute atomic E-state index is 0.0162. The molecule has 2 N–H and O–H groups in total. The van der Waals surface area contributed by atoms with Crippen LogP contribution in [-0.4, -0.2) is 41.0 Å². The van der Waals surface area contributed by atoms with Crippen LogP contribution in [0.2, 0.25) is 0 Å². The van der Waals surface area contributed by atoms with Crippen molar-refractivity contribution in [1.82, 2.24) is 15.1 Å². The summed E-state index contributed by atoms with van der Waals surface area (Å²) in [6, 6.07) is 13.4. The molecular weight excluding hydrogens is 366 g/mol. The first-order valence-electron chi connectivity index (χ1n) is 9.86. The SMILES string of the molecule is COc1cc(C(C)CC(=O)n2nc(O)c3ccccc32)ccc1C1=CCNCC1. The summed E-state index contributed by atoms with van der Waals surface area (Å²) >= 11 is 0. The Bertz CT molecular complexity index is 1080. The minimum Gasteiger partial charge on any atom is -0.496 e. The maximum atomic E-state index is 12.9. The molecule has 0 fully saturated rings. The van der Waals surface area contributed by atoms with Gasteiger partial charge in [-0.3, -0.25) is 4.79 Å². The van der Waals surface area contributed by atoms with Crippen molar-refractivity contribution in [3.63, 3.8) is 0 Å². The van der Waals surface area contributed by atoms with Gasteiger partial charge in [-0.25, -0.2) is 0 Å². The van der Waals surface area contributed by atoms with E-state index in [0.717, 1.165) is 36.4 Å². The van der Waals surface area contributed by atoms with Gasteiger partial charge in [0.2, 0.25) is 11.8 Å². The van der Waals surface area contributed by atoms with Crippen LogP contribution in [0.4, 0.5) is 0 Å². The summed E-state index contributed by atoms with van der Waals surface area (Å²) in [4.78, 5) is 12.9. The van der Waals surface area contributed by atoms with Crippen molar-refractivity contribution in [3.8, 4) is 11.6 Å². The zero-order valence-corrected chi connectivity index (χ0v) is 16.7. The average molecular weight is 391 g/mol. The second-order valence-electron chi connectivity index (χ2n) is 7.39. The first-order valence-corrected chi connectivity index (χ1v) is 9.86. The molecule has 0 radical (unpaired) electrons. The molecule has 1 unspecified atom stereocenters. The Morgan fingerprint density at radius 1 is 1.31 bits per heavy atom. The maximum Gasteiger partial charge on any atom is 0.248 e. The van der Waals surface area contributed by atoms with E-state index < -0.39 is 0 Å². The summed E-state index contributed by atoms with van der Waals surface area (Å²) < 4.78 is 6.94. The molecular formula is C23H25N3O3. The van der Waals surface area contributed by atoms with Gasteiger partial charge in [0, 0.05) is 18.5 Å². The highest BCUT2D eigenvalue weighted by atomic mass is 16.5. The number of benzene rings is 2. The lowest BCUT2D eigenvalue weighted by Gasteiger charge is -2.19. The normalized spacial score (nSPS) is 15.2. The minimum atomic E-state index is -0.155. The topological polar surface area (TPSA) is 76.4 Å². The fourth-order valence-corrected chi connectivity index (χ4v) is 3.85. The Balaban J connectivity index is 1.57. The Morgan fingerprint density at radius 3 is 2.90 bits per heavy atom. The van der Waals surface area contributed by atoms with E-state index in [1.807, 2.05) is 25.1 Å². The number of para-hydroxylation sites is 1. The average Bonchev–Trinajstić information content (AvgIpc) is 3.11. The molecule has 6 heteroatoms. The van der Waals surface area contributed by atoms with Crippen LogP contribution in [0, 0.1) is 0 Å². The zero-order valence-electron chi connectivity index (χ0n) is 16.7. The molecule has 0 amide bonds. The van der Waals surface area contributed by atoms with E-state index >= 15 is 0 Å². The van der Waals surface area contributed by atoms with Crippen molar-refractivity contribution in [3.05, 3.63) is 59.7 Å². The van der Waals surface area contributed by atoms with Crippen molar-refractivity contribution >= 4 is 22.4 Å². The van der Waals surface area contributed by atoms with E-state index in [1.165, 1.54) is 10.3 Å². The van der Waals surface area contributed by atoms with Crippen LogP contribution in [0.1, 0.15) is 41.6 Å². The van der Waals surface area contributed by atoms with Gasteiger partial charge in [-0.1, -0.05) is 37.3 Å². The van der Waals surface area contributed by atoms with Gasteiger partial charge >= 0.3 is 0 Å². The smallest absolute Gasteiger partial charge is 0.248 e. The third-order valence-electron chi connectivity index (χ3n) is 5.49. The summed E-state index contributed by atoms with van der Waals surface area (Å²) in [5.41, 5.74) is 4.05. The molecule has 1 aliphatic heterocycles. The molecule has 29 heavy (non-hydrogen) atoms. The molecule has 1 aromatic heterocycles. The monoisotopic (exact) mass is 391 g/mol. The first-order chi connectivity index (χ1) is 14.1. The molecule has 4 rings (SSSR count). The van der Waals surface area contributed by atoms with E-state index in [4.69, 9.17) is 4.74 Å². The quantitative estimate of drug-likeness (QED) is 0.688. The predicted molar refractivity (Wildman–Crippen MR) is 114 cm³/mol. The lowest BCUT2D eigenvalue weighted by atomic mass is 9.92. The van der Waals surface area contributed by atoms with Gasteiger partial charge in [-0.2, -0.15) is 4.68 Å². The van der Waals surface area contributed by atoms with Crippen LogP contribution >= 0.6 is 0 Å². The molecule has 0 aliphatic carbocycles. The van der Waals surface area contributed by atoms with Gasteiger partial charge < -0.3 is 15.2 Å². The number of rotatable bonds is 5. The lowest BCUT2D eigenvalue weighted by molar-refractivity contribution is 0.0883. The fourth-order valence-electron chi connectivity index (χ4n) is 3.85. The van der Waals surface area contributed by atoms with Crippen LogP contribution in [0.3, 0.4) is 0 Å². The van der Waals surface area contributed by atoms with Crippen molar-refractivity contribution in [2.45, 2.75) is 25.7 Å². The van der Waals surface area contributed by atoms with Crippen molar-refractivity contribution in [2.24, 2.45) is 0 Å². The molecule has 2 heterocycles. The number of carbonyl (C=O) groups is 1. The largest absolute Gasteiger partial charge is 0.496 e. The molecule has 1 atom stereocenters. The number of carbonyl (C=O) groups excluding carboxylic acids is 1. The number of nitrogens with zero attached hydrogens (tertiary/aromatic N) is 2. The van der Waals surface area contributed by atoms with Crippen LogP contribution in [-0.2, 0) is 0 Å². The highest BCUT2D eigenvalue weighted by molar-refractivity contribution is 5.93. The third kappa shape index (κ3) is 3.76. The van der Waals surface area contributed by atoms with Gasteiger partial charge in [0.15, 0.2) is 0 Å². The molecule has 1 aliphatic rings. The van der Waals surface area contributed by atoms with E-state index in [0.29, 0.717) is 10.9 Å². The Hall–Kier alpha value is -3.12. The van der Waals surface area contributed by atoms with Crippen molar-refractivity contribution in [1.29, 1.82) is 0 Å². The van der Waals surface area contributed by atoms with Gasteiger partial charge in [-0.05, 0) is 48.2 Å². The molecule has 0 saturated heterocycles. The van der Waals surface area contributed by atoms with Crippen LogP contribution in [0.25, 0.3) is 16.5 Å². The molecule has 0 saturated carbocycles. The maximum absolute atomic E-state index is 12.9. The predicted octanol–water partition coefficient (Wildman–Crippen LogP) is 3.96. The van der Waals surface area contributed by atoms with E-state index in [-0.39, 0.29) is 24.1 Å². The molecule has 2 aromatic carbocycles. The van der Waals surface area contributed by atoms with E-state index in [1.54, 1.807) is 19.2 Å². The summed E-state index contributed by atoms with van der Waals surface area (Å²) in [6.45, 7) is 3.85. The molecule has 150 valence electrons. The van der Waals surface area contributed by atoms with Crippen LogP contribution in [0.15, 0.2) is 48.5 Å². The van der Waals surface area contributed by atoms with Gasteiger partial charge in [-0.15, -0.1) is 5.10 Å². The first kappa shape index (κ1) is 19.2. The highest BCUT2D eigenvalue weighted by Gasteiger charge is 2.20. The van der Waals surface area contributed by atoms with Crippen LogP contribution in [0.5, 0.6) is 11.6 Å². The van der Waals surface area contributed by atoms with Crippen LogP contribution < -0.4 is 10.1 Å². The molecule has 6 nitrogen and oxygen atoms in total.